The normalized spacial score (nSPS) is 11.2. The quantitative estimate of drug-likeness (QED) is 0.551. The number of carbonyl (C=O) groups excluding carboxylic acids is 1. The molecule has 7 heteroatoms. The lowest BCUT2D eigenvalue weighted by molar-refractivity contribution is 0.0505. The molecule has 0 unspecified atom stereocenters. The Morgan fingerprint density at radius 3 is 2.35 bits per heavy atom. The van der Waals surface area contributed by atoms with Crippen LogP contribution in [0.15, 0.2) is 24.3 Å². The smallest absolute Gasteiger partial charge is 0.338 e. The van der Waals surface area contributed by atoms with E-state index >= 15 is 0 Å². The summed E-state index contributed by atoms with van der Waals surface area (Å²) in [5.41, 5.74) is 0.938. The summed E-state index contributed by atoms with van der Waals surface area (Å²) in [4.78, 5) is 11.6. The zero-order valence-corrected chi connectivity index (χ0v) is 13.9. The first-order valence-electron chi connectivity index (χ1n) is 6.21. The Morgan fingerprint density at radius 2 is 1.90 bits per heavy atom. The monoisotopic (exact) mass is 363 g/mol. The van der Waals surface area contributed by atoms with Gasteiger partial charge in [0.2, 0.25) is 10.0 Å². The van der Waals surface area contributed by atoms with Gasteiger partial charge in [-0.05, 0) is 30.7 Å². The van der Waals surface area contributed by atoms with Crippen LogP contribution in [0.2, 0.25) is 0 Å². The van der Waals surface area contributed by atoms with Crippen molar-refractivity contribution in [1.82, 2.24) is 0 Å². The van der Waals surface area contributed by atoms with Crippen molar-refractivity contribution in [3.63, 3.8) is 0 Å². The molecule has 0 radical (unpaired) electrons. The fourth-order valence-corrected chi connectivity index (χ4v) is 3.12. The molecule has 0 bridgehead atoms. The van der Waals surface area contributed by atoms with Crippen LogP contribution in [0.3, 0.4) is 0 Å². The molecule has 0 spiro atoms. The lowest BCUT2D eigenvalue weighted by atomic mass is 10.2. The van der Waals surface area contributed by atoms with E-state index in [1.54, 1.807) is 24.3 Å². The Kier molecular flexibility index (Phi) is 6.48. The van der Waals surface area contributed by atoms with Crippen LogP contribution >= 0.6 is 15.9 Å². The van der Waals surface area contributed by atoms with Gasteiger partial charge in [0.1, 0.15) is 0 Å². The molecule has 0 aliphatic carbocycles. The molecule has 20 heavy (non-hydrogen) atoms. The predicted octanol–water partition coefficient (Wildman–Crippen LogP) is 2.41. The summed E-state index contributed by atoms with van der Waals surface area (Å²) in [5.74, 6) is -0.398. The molecule has 0 saturated heterocycles. The second-order valence-corrected chi connectivity index (χ2v) is 6.91. The van der Waals surface area contributed by atoms with Crippen LogP contribution in [0.5, 0.6) is 0 Å². The number of ether oxygens (including phenoxy) is 1. The van der Waals surface area contributed by atoms with Crippen molar-refractivity contribution in [3.05, 3.63) is 29.8 Å². The highest BCUT2D eigenvalue weighted by Gasteiger charge is 2.17. The van der Waals surface area contributed by atoms with Crippen LogP contribution in [0.25, 0.3) is 0 Å². The van der Waals surface area contributed by atoms with Crippen molar-refractivity contribution in [1.29, 1.82) is 0 Å². The van der Waals surface area contributed by atoms with E-state index in [2.05, 4.69) is 15.9 Å². The predicted molar refractivity (Wildman–Crippen MR) is 83.0 cm³/mol. The first kappa shape index (κ1) is 17.0. The zero-order chi connectivity index (χ0) is 15.2. The average Bonchev–Trinajstić information content (AvgIpc) is 2.41. The van der Waals surface area contributed by atoms with Crippen LogP contribution < -0.4 is 4.31 Å². The Labute approximate surface area is 128 Å². The molecule has 112 valence electrons. The molecule has 0 fully saturated rings. The molecule has 0 heterocycles. The lowest BCUT2D eigenvalue weighted by Crippen LogP contribution is -2.31. The second-order valence-electron chi connectivity index (χ2n) is 4.21. The Hall–Kier alpha value is -1.08. The molecule has 0 aromatic heterocycles. The molecule has 5 nitrogen and oxygen atoms in total. The van der Waals surface area contributed by atoms with Gasteiger partial charge in [0.15, 0.2) is 0 Å². The minimum atomic E-state index is -3.34. The molecule has 0 saturated carbocycles. The first-order valence-corrected chi connectivity index (χ1v) is 9.18. The minimum absolute atomic E-state index is 0.332. The number of nitrogens with zero attached hydrogens (tertiary/aromatic N) is 1. The third-order valence-corrected chi connectivity index (χ3v) is 4.06. The summed E-state index contributed by atoms with van der Waals surface area (Å²) in [5, 5.41) is 0.528. The number of hydrogen-bond acceptors (Lipinski definition) is 4. The van der Waals surface area contributed by atoms with Crippen molar-refractivity contribution in [2.75, 3.05) is 29.0 Å². The largest absolute Gasteiger partial charge is 0.462 e. The van der Waals surface area contributed by atoms with Gasteiger partial charge in [0, 0.05) is 11.9 Å². The van der Waals surface area contributed by atoms with Crippen molar-refractivity contribution in [2.45, 2.75) is 13.3 Å². The van der Waals surface area contributed by atoms with Gasteiger partial charge in [-0.2, -0.15) is 0 Å². The fraction of sp³-hybridized carbons (Fsp3) is 0.462. The number of alkyl halides is 1. The van der Waals surface area contributed by atoms with Crippen molar-refractivity contribution in [2.24, 2.45) is 0 Å². The van der Waals surface area contributed by atoms with E-state index in [-0.39, 0.29) is 0 Å². The summed E-state index contributed by atoms with van der Waals surface area (Å²) >= 11 is 3.23. The number of carbonyl (C=O) groups is 1. The van der Waals surface area contributed by atoms with E-state index in [1.807, 2.05) is 6.92 Å². The van der Waals surface area contributed by atoms with Crippen LogP contribution in [0.1, 0.15) is 23.7 Å². The van der Waals surface area contributed by atoms with Gasteiger partial charge < -0.3 is 4.74 Å². The molecule has 0 N–H and O–H groups in total. The van der Waals surface area contributed by atoms with Gasteiger partial charge in [-0.1, -0.05) is 22.9 Å². The number of hydrogen-bond donors (Lipinski definition) is 0. The minimum Gasteiger partial charge on any atom is -0.462 e. The maximum absolute atomic E-state index is 11.7. The second kappa shape index (κ2) is 7.64. The first-order chi connectivity index (χ1) is 9.40. The van der Waals surface area contributed by atoms with E-state index in [1.165, 1.54) is 4.31 Å². The standard InChI is InChI=1S/C13H18BrNO4S/c1-3-10-19-13(16)11-4-6-12(7-5-11)15(9-8-14)20(2,17)18/h4-7H,3,8-10H2,1-2H3. The molecule has 0 aliphatic heterocycles. The third-order valence-electron chi connectivity index (χ3n) is 2.52. The lowest BCUT2D eigenvalue weighted by Gasteiger charge is -2.21. The van der Waals surface area contributed by atoms with Crippen LogP contribution in [0, 0.1) is 0 Å². The summed E-state index contributed by atoms with van der Waals surface area (Å²) in [7, 11) is -3.34. The van der Waals surface area contributed by atoms with Gasteiger partial charge in [-0.3, -0.25) is 4.31 Å². The molecule has 1 rings (SSSR count). The molecule has 1 aromatic rings. The Morgan fingerprint density at radius 1 is 1.30 bits per heavy atom. The van der Waals surface area contributed by atoms with E-state index in [0.717, 1.165) is 12.7 Å². The maximum atomic E-state index is 11.7. The van der Waals surface area contributed by atoms with E-state index < -0.39 is 16.0 Å². The van der Waals surface area contributed by atoms with Crippen molar-refractivity contribution in [3.8, 4) is 0 Å². The van der Waals surface area contributed by atoms with Gasteiger partial charge in [-0.15, -0.1) is 0 Å². The van der Waals surface area contributed by atoms with Crippen molar-refractivity contribution >= 4 is 37.6 Å². The zero-order valence-electron chi connectivity index (χ0n) is 11.5. The highest BCUT2D eigenvalue weighted by Crippen LogP contribution is 2.19. The van der Waals surface area contributed by atoms with Crippen LogP contribution in [-0.4, -0.2) is 39.1 Å². The maximum Gasteiger partial charge on any atom is 0.338 e. The molecule has 0 amide bonds. The highest BCUT2D eigenvalue weighted by molar-refractivity contribution is 9.09. The van der Waals surface area contributed by atoms with Crippen LogP contribution in [0.4, 0.5) is 5.69 Å². The number of esters is 1. The average molecular weight is 364 g/mol. The number of benzene rings is 1. The highest BCUT2D eigenvalue weighted by atomic mass is 79.9. The summed E-state index contributed by atoms with van der Waals surface area (Å²) in [6.45, 7) is 2.62. The van der Waals surface area contributed by atoms with Crippen molar-refractivity contribution < 1.29 is 17.9 Å². The van der Waals surface area contributed by atoms with Gasteiger partial charge >= 0.3 is 5.97 Å². The summed E-state index contributed by atoms with van der Waals surface area (Å²) < 4.78 is 29.7. The van der Waals surface area contributed by atoms with E-state index in [4.69, 9.17) is 4.74 Å². The Balaban J connectivity index is 2.91. The molecule has 1 aromatic carbocycles. The summed E-state index contributed by atoms with van der Waals surface area (Å²) in [6, 6.07) is 6.35. The van der Waals surface area contributed by atoms with Gasteiger partial charge in [0.25, 0.3) is 0 Å². The number of halogens is 1. The van der Waals surface area contributed by atoms with E-state index in [9.17, 15) is 13.2 Å². The number of sulfonamides is 1. The molecular formula is C13H18BrNO4S. The SMILES string of the molecule is CCCOC(=O)c1ccc(N(CCBr)S(C)(=O)=O)cc1. The fourth-order valence-electron chi connectivity index (χ4n) is 1.61. The topological polar surface area (TPSA) is 63.7 Å². The number of anilines is 1. The van der Waals surface area contributed by atoms with Gasteiger partial charge in [-0.25, -0.2) is 13.2 Å². The third kappa shape index (κ3) is 4.79. The van der Waals surface area contributed by atoms with Gasteiger partial charge in [0.05, 0.1) is 24.1 Å². The molecular weight excluding hydrogens is 346 g/mol. The molecule has 0 atom stereocenters. The summed E-state index contributed by atoms with van der Waals surface area (Å²) in [6.07, 6.45) is 1.91. The number of rotatable bonds is 7. The van der Waals surface area contributed by atoms with E-state index in [0.29, 0.717) is 29.7 Å². The molecule has 0 aliphatic rings. The Bertz CT molecular complexity index is 542. The van der Waals surface area contributed by atoms with Crippen LogP contribution in [-0.2, 0) is 14.8 Å².